The van der Waals surface area contributed by atoms with Crippen LogP contribution in [0.25, 0.3) is 0 Å². The molecule has 6 heteroatoms. The summed E-state index contributed by atoms with van der Waals surface area (Å²) in [4.78, 5) is 24.8. The molecule has 1 fully saturated rings. The second-order valence-electron chi connectivity index (χ2n) is 7.76. The third kappa shape index (κ3) is 2.57. The Morgan fingerprint density at radius 3 is 2.82 bits per heavy atom. The Hall–Kier alpha value is -2.94. The summed E-state index contributed by atoms with van der Waals surface area (Å²) in [6.45, 7) is 4.05. The minimum atomic E-state index is -0.648. The molecule has 2 aliphatic rings. The van der Waals surface area contributed by atoms with Gasteiger partial charge in [0.15, 0.2) is 5.78 Å². The summed E-state index contributed by atoms with van der Waals surface area (Å²) in [5.41, 5.74) is 3.17. The summed E-state index contributed by atoms with van der Waals surface area (Å²) in [6, 6.07) is 9.64. The van der Waals surface area contributed by atoms with Gasteiger partial charge in [-0.15, -0.1) is 0 Å². The number of nitrogens with one attached hydrogen (secondary N) is 1. The van der Waals surface area contributed by atoms with Crippen molar-refractivity contribution in [2.24, 2.45) is 17.8 Å². The lowest BCUT2D eigenvalue weighted by atomic mass is 9.51. The molecule has 0 bridgehead atoms. The van der Waals surface area contributed by atoms with E-state index in [1.165, 1.54) is 0 Å². The van der Waals surface area contributed by atoms with Crippen LogP contribution in [0.4, 0.5) is 0 Å². The lowest BCUT2D eigenvalue weighted by Crippen LogP contribution is -2.52. The van der Waals surface area contributed by atoms with Gasteiger partial charge < -0.3 is 4.74 Å². The Morgan fingerprint density at radius 2 is 2.14 bits per heavy atom. The number of aromatic amines is 1. The number of benzene rings is 1. The zero-order valence-corrected chi connectivity index (χ0v) is 16.1. The molecule has 2 aromatic rings. The number of aromatic nitrogens is 2. The number of ketones is 1. The van der Waals surface area contributed by atoms with Crippen molar-refractivity contribution in [3.05, 3.63) is 52.8 Å². The lowest BCUT2D eigenvalue weighted by Gasteiger charge is -2.50. The average Bonchev–Trinajstić information content (AvgIpc) is 3.20. The first-order valence-electron chi connectivity index (χ1n) is 9.76. The van der Waals surface area contributed by atoms with Crippen LogP contribution in [-0.4, -0.2) is 28.6 Å². The maximum absolute atomic E-state index is 12.7. The van der Waals surface area contributed by atoms with Crippen molar-refractivity contribution in [1.82, 2.24) is 10.2 Å². The highest BCUT2D eigenvalue weighted by atomic mass is 16.5. The first-order chi connectivity index (χ1) is 13.5. The Kier molecular flexibility index (Phi) is 4.54. The van der Waals surface area contributed by atoms with Crippen molar-refractivity contribution < 1.29 is 14.3 Å². The maximum atomic E-state index is 12.7. The molecule has 1 heterocycles. The van der Waals surface area contributed by atoms with Crippen LogP contribution in [0, 0.1) is 29.1 Å². The van der Waals surface area contributed by atoms with Gasteiger partial charge in [-0.2, -0.15) is 10.4 Å². The molecule has 4 atom stereocenters. The Bertz CT molecular complexity index is 956. The molecule has 0 radical (unpaired) electrons. The zero-order chi connectivity index (χ0) is 19.9. The fourth-order valence-electron chi connectivity index (χ4n) is 5.20. The number of nitriles is 1. The van der Waals surface area contributed by atoms with Gasteiger partial charge in [-0.1, -0.05) is 19.1 Å². The van der Waals surface area contributed by atoms with E-state index in [0.717, 1.165) is 29.7 Å². The topological polar surface area (TPSA) is 95.8 Å². The molecule has 0 aliphatic heterocycles. The summed E-state index contributed by atoms with van der Waals surface area (Å²) in [7, 11) is 0. The number of fused-ring (bicyclic) bond motifs is 3. The summed E-state index contributed by atoms with van der Waals surface area (Å²) in [5.74, 6) is -1.08. The highest BCUT2D eigenvalue weighted by Crippen LogP contribution is 2.55. The van der Waals surface area contributed by atoms with Crippen molar-refractivity contribution in [2.75, 3.05) is 6.61 Å². The number of rotatable bonds is 3. The van der Waals surface area contributed by atoms with Gasteiger partial charge in [0.2, 0.25) is 0 Å². The molecule has 0 spiro atoms. The van der Waals surface area contributed by atoms with Gasteiger partial charge in [0.25, 0.3) is 0 Å². The number of esters is 1. The van der Waals surface area contributed by atoms with Crippen LogP contribution < -0.4 is 0 Å². The van der Waals surface area contributed by atoms with Crippen LogP contribution in [0.2, 0.25) is 0 Å². The molecule has 28 heavy (non-hydrogen) atoms. The standard InChI is InChI=1S/C22H23N3O3/c1-3-28-21(27)14-4-7-17(8-5-14)22-10-16(11-23)19(26)13(2)18(22)9-6-15-12-24-25-20(15)22/h4-5,7-8,12-13,16,18H,3,6,9-10H2,1-2H3,(H,24,25)/t13-,16?,18+,22-/m0/s1. The van der Waals surface area contributed by atoms with Gasteiger partial charge >= 0.3 is 5.97 Å². The minimum absolute atomic E-state index is 0.0363. The Morgan fingerprint density at radius 1 is 1.39 bits per heavy atom. The van der Waals surface area contributed by atoms with Gasteiger partial charge in [0.1, 0.15) is 5.92 Å². The predicted molar refractivity (Wildman–Crippen MR) is 101 cm³/mol. The summed E-state index contributed by atoms with van der Waals surface area (Å²) in [5, 5.41) is 17.1. The van der Waals surface area contributed by atoms with Crippen LogP contribution in [0.5, 0.6) is 0 Å². The van der Waals surface area contributed by atoms with Gasteiger partial charge in [0.05, 0.1) is 24.4 Å². The molecule has 1 aromatic carbocycles. The fourth-order valence-corrected chi connectivity index (χ4v) is 5.20. The van der Waals surface area contributed by atoms with Crippen molar-refractivity contribution in [1.29, 1.82) is 5.26 Å². The van der Waals surface area contributed by atoms with Gasteiger partial charge in [-0.25, -0.2) is 4.79 Å². The summed E-state index contributed by atoms with van der Waals surface area (Å²) >= 11 is 0. The number of carbonyl (C=O) groups is 2. The molecule has 1 aromatic heterocycles. The normalized spacial score (nSPS) is 28.8. The number of Topliss-reactive ketones (excluding diaryl/α,β-unsaturated/α-hetero) is 1. The van der Waals surface area contributed by atoms with E-state index in [0.29, 0.717) is 18.6 Å². The Labute approximate surface area is 163 Å². The third-order valence-corrected chi connectivity index (χ3v) is 6.51. The van der Waals surface area contributed by atoms with Crippen LogP contribution in [0.3, 0.4) is 0 Å². The number of nitrogens with zero attached hydrogens (tertiary/aromatic N) is 2. The molecular weight excluding hydrogens is 354 g/mol. The predicted octanol–water partition coefficient (Wildman–Crippen LogP) is 3.18. The number of H-pyrrole nitrogens is 1. The van der Waals surface area contributed by atoms with E-state index < -0.39 is 11.3 Å². The minimum Gasteiger partial charge on any atom is -0.462 e. The molecule has 1 unspecified atom stereocenters. The molecule has 1 saturated carbocycles. The first-order valence-corrected chi connectivity index (χ1v) is 9.76. The van der Waals surface area contributed by atoms with Crippen molar-refractivity contribution in [3.63, 3.8) is 0 Å². The van der Waals surface area contributed by atoms with Crippen LogP contribution in [-0.2, 0) is 21.4 Å². The molecule has 144 valence electrons. The lowest BCUT2D eigenvalue weighted by molar-refractivity contribution is -0.131. The van der Waals surface area contributed by atoms with Gasteiger partial charge in [0, 0.05) is 17.0 Å². The van der Waals surface area contributed by atoms with E-state index in [1.807, 2.05) is 25.3 Å². The van der Waals surface area contributed by atoms with E-state index in [2.05, 4.69) is 16.3 Å². The molecular formula is C22H23N3O3. The number of aryl methyl sites for hydroxylation is 1. The monoisotopic (exact) mass is 377 g/mol. The molecule has 0 amide bonds. The van der Waals surface area contributed by atoms with Crippen molar-refractivity contribution in [3.8, 4) is 6.07 Å². The number of carbonyl (C=O) groups excluding carboxylic acids is 2. The van der Waals surface area contributed by atoms with Crippen LogP contribution in [0.1, 0.15) is 53.9 Å². The van der Waals surface area contributed by atoms with E-state index in [-0.39, 0.29) is 23.6 Å². The smallest absolute Gasteiger partial charge is 0.338 e. The largest absolute Gasteiger partial charge is 0.462 e. The van der Waals surface area contributed by atoms with E-state index in [4.69, 9.17) is 4.74 Å². The van der Waals surface area contributed by atoms with Crippen molar-refractivity contribution >= 4 is 11.8 Å². The SMILES string of the molecule is CCOC(=O)c1ccc([C@@]23CC(C#N)C(=O)[C@@H](C)[C@H]2CCc2cn[nH]c23)cc1. The molecule has 6 nitrogen and oxygen atoms in total. The number of hydrogen-bond acceptors (Lipinski definition) is 5. The van der Waals surface area contributed by atoms with Crippen LogP contribution >= 0.6 is 0 Å². The van der Waals surface area contributed by atoms with Gasteiger partial charge in [-0.3, -0.25) is 9.89 Å². The highest BCUT2D eigenvalue weighted by molar-refractivity contribution is 5.90. The van der Waals surface area contributed by atoms with Crippen LogP contribution in [0.15, 0.2) is 30.5 Å². The molecule has 2 aliphatic carbocycles. The second kappa shape index (κ2) is 6.90. The average molecular weight is 377 g/mol. The maximum Gasteiger partial charge on any atom is 0.338 e. The molecule has 4 rings (SSSR count). The van der Waals surface area contributed by atoms with E-state index in [9.17, 15) is 14.9 Å². The third-order valence-electron chi connectivity index (χ3n) is 6.51. The van der Waals surface area contributed by atoms with Gasteiger partial charge in [-0.05, 0) is 55.4 Å². The van der Waals surface area contributed by atoms with E-state index >= 15 is 0 Å². The molecule has 0 saturated heterocycles. The quantitative estimate of drug-likeness (QED) is 0.829. The Balaban J connectivity index is 1.85. The fraction of sp³-hybridized carbons (Fsp3) is 0.455. The van der Waals surface area contributed by atoms with E-state index in [1.54, 1.807) is 19.1 Å². The highest BCUT2D eigenvalue weighted by Gasteiger charge is 2.56. The summed E-state index contributed by atoms with van der Waals surface area (Å²) in [6.07, 6.45) is 4.03. The second-order valence-corrected chi connectivity index (χ2v) is 7.76. The first kappa shape index (κ1) is 18.4. The zero-order valence-electron chi connectivity index (χ0n) is 16.1. The number of hydrogen-bond donors (Lipinski definition) is 1. The number of ether oxygens (including phenoxy) is 1. The summed E-state index contributed by atoms with van der Waals surface area (Å²) < 4.78 is 5.08. The molecule has 1 N–H and O–H groups in total. The van der Waals surface area contributed by atoms with Crippen molar-refractivity contribution in [2.45, 2.75) is 38.5 Å².